The van der Waals surface area contributed by atoms with Gasteiger partial charge in [0, 0.05) is 50.0 Å². The number of furan rings is 1. The maximum absolute atomic E-state index is 13.0. The third-order valence-corrected chi connectivity index (χ3v) is 5.24. The number of hydrogen-bond acceptors (Lipinski definition) is 7. The minimum Gasteiger partial charge on any atom is -0.493 e. The molecule has 1 aliphatic rings. The Morgan fingerprint density at radius 3 is 2.70 bits per heavy atom. The lowest BCUT2D eigenvalue weighted by molar-refractivity contribution is 0.0716. The van der Waals surface area contributed by atoms with E-state index in [1.54, 1.807) is 36.9 Å². The molecule has 1 aliphatic heterocycles. The monoisotopic (exact) mass is 404 g/mol. The van der Waals surface area contributed by atoms with Crippen molar-refractivity contribution in [3.05, 3.63) is 61.1 Å². The van der Waals surface area contributed by atoms with Crippen molar-refractivity contribution in [2.24, 2.45) is 0 Å². The van der Waals surface area contributed by atoms with E-state index in [0.717, 1.165) is 17.0 Å². The third-order valence-electron chi connectivity index (χ3n) is 5.24. The second-order valence-corrected chi connectivity index (χ2v) is 6.97. The molecule has 0 unspecified atom stereocenters. The van der Waals surface area contributed by atoms with Crippen molar-refractivity contribution in [3.63, 3.8) is 0 Å². The minimum absolute atomic E-state index is 0.116. The van der Waals surface area contributed by atoms with Crippen LogP contribution in [0.2, 0.25) is 0 Å². The number of para-hydroxylation sites is 1. The van der Waals surface area contributed by atoms with Crippen molar-refractivity contribution in [3.8, 4) is 11.6 Å². The number of carbonyl (C=O) groups is 1. The summed E-state index contributed by atoms with van der Waals surface area (Å²) in [7, 11) is 1.59. The number of imidazole rings is 1. The number of anilines is 1. The Balaban J connectivity index is 1.29. The van der Waals surface area contributed by atoms with Crippen LogP contribution in [0.1, 0.15) is 10.6 Å². The molecule has 5 rings (SSSR count). The fourth-order valence-electron chi connectivity index (χ4n) is 3.64. The van der Waals surface area contributed by atoms with Crippen molar-refractivity contribution < 1.29 is 13.9 Å². The number of hydrogen-bond donors (Lipinski definition) is 0. The first-order chi connectivity index (χ1) is 14.7. The summed E-state index contributed by atoms with van der Waals surface area (Å²) in [5.74, 6) is 2.41. The third kappa shape index (κ3) is 3.24. The molecule has 0 N–H and O–H groups in total. The highest BCUT2D eigenvalue weighted by Gasteiger charge is 2.26. The number of aromatic nitrogens is 4. The van der Waals surface area contributed by atoms with E-state index in [9.17, 15) is 4.79 Å². The summed E-state index contributed by atoms with van der Waals surface area (Å²) in [6, 6.07) is 9.30. The van der Waals surface area contributed by atoms with Crippen molar-refractivity contribution in [1.82, 2.24) is 24.4 Å². The van der Waals surface area contributed by atoms with E-state index in [2.05, 4.69) is 19.9 Å². The predicted octanol–water partition coefficient (Wildman–Crippen LogP) is 2.38. The summed E-state index contributed by atoms with van der Waals surface area (Å²) >= 11 is 0. The Morgan fingerprint density at radius 1 is 1.10 bits per heavy atom. The Hall–Kier alpha value is -3.88. The molecule has 9 heteroatoms. The van der Waals surface area contributed by atoms with Crippen LogP contribution < -0.4 is 9.64 Å². The van der Waals surface area contributed by atoms with Crippen LogP contribution in [0.4, 0.5) is 5.82 Å². The van der Waals surface area contributed by atoms with Crippen LogP contribution in [-0.2, 0) is 0 Å². The summed E-state index contributed by atoms with van der Waals surface area (Å²) < 4.78 is 13.0. The van der Waals surface area contributed by atoms with Gasteiger partial charge in [-0.15, -0.1) is 0 Å². The quantitative estimate of drug-likeness (QED) is 0.516. The van der Waals surface area contributed by atoms with E-state index in [0.29, 0.717) is 43.3 Å². The Labute approximate surface area is 172 Å². The number of ether oxygens (including phenoxy) is 1. The highest BCUT2D eigenvalue weighted by molar-refractivity contribution is 5.97. The zero-order valence-corrected chi connectivity index (χ0v) is 16.4. The molecule has 1 aromatic carbocycles. The van der Waals surface area contributed by atoms with Crippen LogP contribution >= 0.6 is 0 Å². The summed E-state index contributed by atoms with van der Waals surface area (Å²) in [4.78, 5) is 29.6. The van der Waals surface area contributed by atoms with Gasteiger partial charge in [-0.1, -0.05) is 12.1 Å². The van der Waals surface area contributed by atoms with Gasteiger partial charge in [-0.25, -0.2) is 15.0 Å². The fourth-order valence-corrected chi connectivity index (χ4v) is 3.64. The lowest BCUT2D eigenvalue weighted by Gasteiger charge is -2.35. The predicted molar refractivity (Wildman–Crippen MR) is 110 cm³/mol. The standard InChI is InChI=1S/C21H20N6O3/c1-29-16-4-2-3-15-11-17(30-20(15)16)21(28)26-9-7-25(8-10-26)18-12-19(24-13-23-18)27-6-5-22-14-27/h2-6,11-14H,7-10H2,1H3. The molecule has 0 radical (unpaired) electrons. The van der Waals surface area contributed by atoms with Gasteiger partial charge >= 0.3 is 0 Å². The largest absolute Gasteiger partial charge is 0.493 e. The van der Waals surface area contributed by atoms with Gasteiger partial charge in [0.25, 0.3) is 5.91 Å². The topological polar surface area (TPSA) is 89.5 Å². The van der Waals surface area contributed by atoms with Gasteiger partial charge in [0.1, 0.15) is 24.3 Å². The molecule has 1 fully saturated rings. The molecule has 4 heterocycles. The molecule has 3 aromatic heterocycles. The SMILES string of the molecule is COc1cccc2cc(C(=O)N3CCN(c4cc(-n5ccnc5)ncn4)CC3)oc12. The van der Waals surface area contributed by atoms with Crippen LogP contribution in [0.3, 0.4) is 0 Å². The molecule has 0 spiro atoms. The molecule has 0 saturated carbocycles. The number of amides is 1. The number of nitrogens with zero attached hydrogens (tertiary/aromatic N) is 6. The molecule has 4 aromatic rings. The lowest BCUT2D eigenvalue weighted by Crippen LogP contribution is -2.49. The van der Waals surface area contributed by atoms with E-state index in [-0.39, 0.29) is 5.91 Å². The second kappa shape index (κ2) is 7.51. The van der Waals surface area contributed by atoms with Gasteiger partial charge in [0.05, 0.1) is 7.11 Å². The zero-order valence-electron chi connectivity index (χ0n) is 16.4. The Kier molecular flexibility index (Phi) is 4.55. The van der Waals surface area contributed by atoms with E-state index in [1.165, 1.54) is 0 Å². The molecule has 1 amide bonds. The van der Waals surface area contributed by atoms with Gasteiger partial charge < -0.3 is 19.0 Å². The first-order valence-electron chi connectivity index (χ1n) is 9.64. The smallest absolute Gasteiger partial charge is 0.289 e. The van der Waals surface area contributed by atoms with Crippen LogP contribution in [0.25, 0.3) is 16.8 Å². The summed E-state index contributed by atoms with van der Waals surface area (Å²) in [5, 5.41) is 0.851. The molecule has 1 saturated heterocycles. The molecule has 0 aliphatic carbocycles. The van der Waals surface area contributed by atoms with Gasteiger partial charge in [0.2, 0.25) is 0 Å². The van der Waals surface area contributed by atoms with E-state index < -0.39 is 0 Å². The average Bonchev–Trinajstić information content (AvgIpc) is 3.49. The summed E-state index contributed by atoms with van der Waals surface area (Å²) in [6.45, 7) is 2.51. The van der Waals surface area contributed by atoms with Crippen LogP contribution in [-0.4, -0.2) is 63.6 Å². The highest BCUT2D eigenvalue weighted by Crippen LogP contribution is 2.29. The van der Waals surface area contributed by atoms with Crippen molar-refractivity contribution >= 4 is 22.7 Å². The molecule has 0 atom stereocenters. The summed E-state index contributed by atoms with van der Waals surface area (Å²) in [5.41, 5.74) is 0.593. The van der Waals surface area contributed by atoms with Crippen LogP contribution in [0, 0.1) is 0 Å². The Morgan fingerprint density at radius 2 is 1.93 bits per heavy atom. The van der Waals surface area contributed by atoms with E-state index in [4.69, 9.17) is 9.15 Å². The van der Waals surface area contributed by atoms with Gasteiger partial charge in [-0.2, -0.15) is 0 Å². The number of methoxy groups -OCH3 is 1. The minimum atomic E-state index is -0.116. The van der Waals surface area contributed by atoms with Gasteiger partial charge in [-0.05, 0) is 12.1 Å². The van der Waals surface area contributed by atoms with E-state index >= 15 is 0 Å². The number of rotatable bonds is 4. The first kappa shape index (κ1) is 18.2. The highest BCUT2D eigenvalue weighted by atomic mass is 16.5. The Bertz CT molecular complexity index is 1180. The molecular formula is C21H20N6O3. The molecule has 0 bridgehead atoms. The van der Waals surface area contributed by atoms with Crippen LogP contribution in [0.5, 0.6) is 5.75 Å². The number of carbonyl (C=O) groups excluding carboxylic acids is 1. The lowest BCUT2D eigenvalue weighted by atomic mass is 10.2. The molecule has 152 valence electrons. The average molecular weight is 404 g/mol. The summed E-state index contributed by atoms with van der Waals surface area (Å²) in [6.07, 6.45) is 6.79. The van der Waals surface area contributed by atoms with Crippen molar-refractivity contribution in [2.75, 3.05) is 38.2 Å². The fraction of sp³-hybridized carbons (Fsp3) is 0.238. The molecule has 9 nitrogen and oxygen atoms in total. The van der Waals surface area contributed by atoms with Crippen LogP contribution in [0.15, 0.2) is 59.8 Å². The number of benzene rings is 1. The molecule has 30 heavy (non-hydrogen) atoms. The molecular weight excluding hydrogens is 384 g/mol. The zero-order chi connectivity index (χ0) is 20.5. The number of piperazine rings is 1. The van der Waals surface area contributed by atoms with Crippen molar-refractivity contribution in [1.29, 1.82) is 0 Å². The number of fused-ring (bicyclic) bond motifs is 1. The van der Waals surface area contributed by atoms with Gasteiger partial charge in [0.15, 0.2) is 17.1 Å². The second-order valence-electron chi connectivity index (χ2n) is 6.97. The van der Waals surface area contributed by atoms with Gasteiger partial charge in [-0.3, -0.25) is 9.36 Å². The normalized spacial score (nSPS) is 14.3. The maximum atomic E-state index is 13.0. The van der Waals surface area contributed by atoms with Crippen molar-refractivity contribution in [2.45, 2.75) is 0 Å². The maximum Gasteiger partial charge on any atom is 0.289 e. The first-order valence-corrected chi connectivity index (χ1v) is 9.64. The van der Waals surface area contributed by atoms with E-state index in [1.807, 2.05) is 35.0 Å².